The zero-order valence-electron chi connectivity index (χ0n) is 15.6. The zero-order valence-corrected chi connectivity index (χ0v) is 15.6. The molecule has 2 saturated heterocycles. The molecule has 2 aliphatic heterocycles. The van der Waals surface area contributed by atoms with Crippen LogP contribution in [0.25, 0.3) is 0 Å². The molecule has 5 nitrogen and oxygen atoms in total. The Hall–Kier alpha value is -1.46. The summed E-state index contributed by atoms with van der Waals surface area (Å²) in [7, 11) is 0. The Kier molecular flexibility index (Phi) is 5.55. The van der Waals surface area contributed by atoms with Crippen LogP contribution in [0.3, 0.4) is 0 Å². The fraction of sp³-hybridized carbons (Fsp3) is 0.714. The molecule has 5 heteroatoms. The van der Waals surface area contributed by atoms with Crippen molar-refractivity contribution in [1.82, 2.24) is 9.88 Å². The quantitative estimate of drug-likeness (QED) is 0.785. The summed E-state index contributed by atoms with van der Waals surface area (Å²) in [4.78, 5) is 19.1. The van der Waals surface area contributed by atoms with Crippen molar-refractivity contribution in [3.05, 3.63) is 30.1 Å². The van der Waals surface area contributed by atoms with Crippen LogP contribution in [0.5, 0.6) is 0 Å². The Morgan fingerprint density at radius 1 is 1.31 bits per heavy atom. The average Bonchev–Trinajstić information content (AvgIpc) is 2.64. The van der Waals surface area contributed by atoms with Crippen molar-refractivity contribution >= 4 is 5.91 Å². The first-order valence-electron chi connectivity index (χ1n) is 10.1. The lowest BCUT2D eigenvalue weighted by atomic mass is 9.73. The molecule has 2 atom stereocenters. The number of aromatic nitrogens is 1. The van der Waals surface area contributed by atoms with E-state index in [1.54, 1.807) is 6.20 Å². The predicted octanol–water partition coefficient (Wildman–Crippen LogP) is 2.84. The number of nitrogens with zero attached hydrogens (tertiary/aromatic N) is 2. The number of hydrogen-bond donors (Lipinski definition) is 0. The molecular weight excluding hydrogens is 328 g/mol. The number of ether oxygens (including phenoxy) is 2. The molecule has 0 aromatic carbocycles. The summed E-state index contributed by atoms with van der Waals surface area (Å²) in [6.07, 6.45) is 9.40. The molecule has 1 aromatic heterocycles. The van der Waals surface area contributed by atoms with Gasteiger partial charge in [0.2, 0.25) is 5.91 Å². The van der Waals surface area contributed by atoms with Gasteiger partial charge in [-0.25, -0.2) is 0 Å². The SMILES string of the molecule is O=C(Cc1ccccn1)N1CC[C@H]2OCCC[C@]2(COCC2CCC2)C1. The van der Waals surface area contributed by atoms with Crippen LogP contribution in [-0.2, 0) is 20.7 Å². The summed E-state index contributed by atoms with van der Waals surface area (Å²) in [6, 6.07) is 5.74. The molecular formula is C21H30N2O3. The Morgan fingerprint density at radius 3 is 3.00 bits per heavy atom. The van der Waals surface area contributed by atoms with Gasteiger partial charge in [-0.2, -0.15) is 0 Å². The Morgan fingerprint density at radius 2 is 2.23 bits per heavy atom. The highest BCUT2D eigenvalue weighted by atomic mass is 16.5. The fourth-order valence-electron chi connectivity index (χ4n) is 4.57. The molecule has 0 N–H and O–H groups in total. The smallest absolute Gasteiger partial charge is 0.228 e. The monoisotopic (exact) mass is 358 g/mol. The first-order valence-corrected chi connectivity index (χ1v) is 10.1. The largest absolute Gasteiger partial charge is 0.380 e. The van der Waals surface area contributed by atoms with Crippen molar-refractivity contribution in [2.75, 3.05) is 32.9 Å². The number of fused-ring (bicyclic) bond motifs is 1. The number of hydrogen-bond acceptors (Lipinski definition) is 4. The second-order valence-electron chi connectivity index (χ2n) is 8.24. The summed E-state index contributed by atoms with van der Waals surface area (Å²) in [5.41, 5.74) is 0.815. The van der Waals surface area contributed by atoms with Gasteiger partial charge >= 0.3 is 0 Å². The van der Waals surface area contributed by atoms with Crippen molar-refractivity contribution in [3.63, 3.8) is 0 Å². The van der Waals surface area contributed by atoms with Crippen LogP contribution < -0.4 is 0 Å². The van der Waals surface area contributed by atoms with Gasteiger partial charge < -0.3 is 14.4 Å². The number of carbonyl (C=O) groups is 1. The van der Waals surface area contributed by atoms with Gasteiger partial charge in [0.05, 0.1) is 19.1 Å². The molecule has 0 unspecified atom stereocenters. The second kappa shape index (κ2) is 8.05. The molecule has 26 heavy (non-hydrogen) atoms. The molecule has 3 aliphatic rings. The van der Waals surface area contributed by atoms with Gasteiger partial charge in [-0.1, -0.05) is 12.5 Å². The summed E-state index contributed by atoms with van der Waals surface area (Å²) >= 11 is 0. The first-order chi connectivity index (χ1) is 12.8. The van der Waals surface area contributed by atoms with E-state index < -0.39 is 0 Å². The van der Waals surface area contributed by atoms with Crippen LogP contribution in [0.15, 0.2) is 24.4 Å². The lowest BCUT2D eigenvalue weighted by Crippen LogP contribution is -2.58. The van der Waals surface area contributed by atoms with Gasteiger partial charge in [0.1, 0.15) is 0 Å². The second-order valence-corrected chi connectivity index (χ2v) is 8.24. The van der Waals surface area contributed by atoms with Crippen LogP contribution in [0.1, 0.15) is 44.2 Å². The molecule has 3 heterocycles. The van der Waals surface area contributed by atoms with Crippen molar-refractivity contribution in [2.45, 2.75) is 51.0 Å². The van der Waals surface area contributed by atoms with E-state index in [-0.39, 0.29) is 17.4 Å². The number of pyridine rings is 1. The van der Waals surface area contributed by atoms with Crippen LogP contribution >= 0.6 is 0 Å². The zero-order chi connectivity index (χ0) is 17.8. The predicted molar refractivity (Wildman–Crippen MR) is 98.7 cm³/mol. The van der Waals surface area contributed by atoms with E-state index in [0.717, 1.165) is 63.8 Å². The highest BCUT2D eigenvalue weighted by molar-refractivity contribution is 5.78. The van der Waals surface area contributed by atoms with Gasteiger partial charge in [0.25, 0.3) is 0 Å². The minimum Gasteiger partial charge on any atom is -0.380 e. The maximum atomic E-state index is 12.8. The van der Waals surface area contributed by atoms with Crippen molar-refractivity contribution in [3.8, 4) is 0 Å². The van der Waals surface area contributed by atoms with E-state index in [1.807, 2.05) is 23.1 Å². The van der Waals surface area contributed by atoms with Crippen LogP contribution in [0.2, 0.25) is 0 Å². The molecule has 3 fully saturated rings. The highest BCUT2D eigenvalue weighted by Crippen LogP contribution is 2.41. The van der Waals surface area contributed by atoms with E-state index in [2.05, 4.69) is 4.98 Å². The number of carbonyl (C=O) groups excluding carboxylic acids is 1. The Bertz CT molecular complexity index is 605. The third kappa shape index (κ3) is 3.94. The molecule has 1 saturated carbocycles. The van der Waals surface area contributed by atoms with E-state index in [4.69, 9.17) is 9.47 Å². The molecule has 0 radical (unpaired) electrons. The molecule has 4 rings (SSSR count). The molecule has 0 spiro atoms. The third-order valence-corrected chi connectivity index (χ3v) is 6.37. The normalized spacial score (nSPS) is 29.1. The molecule has 0 bridgehead atoms. The number of likely N-dealkylation sites (tertiary alicyclic amines) is 1. The molecule has 1 amide bonds. The molecule has 1 aromatic rings. The highest BCUT2D eigenvalue weighted by Gasteiger charge is 2.47. The van der Waals surface area contributed by atoms with Crippen LogP contribution in [-0.4, -0.2) is 54.8 Å². The number of piperidine rings is 1. The van der Waals surface area contributed by atoms with Crippen molar-refractivity contribution < 1.29 is 14.3 Å². The lowest BCUT2D eigenvalue weighted by Gasteiger charge is -2.50. The van der Waals surface area contributed by atoms with Crippen molar-refractivity contribution in [2.24, 2.45) is 11.3 Å². The summed E-state index contributed by atoms with van der Waals surface area (Å²) in [5, 5.41) is 0. The standard InChI is InChI=1S/C21H30N2O3/c24-20(13-18-7-1-2-10-22-18)23-11-8-19-21(15-23,9-4-12-26-19)16-25-14-17-5-3-6-17/h1-2,7,10,17,19H,3-6,8-9,11-16H2/t19-,21-/m1/s1. The maximum absolute atomic E-state index is 12.8. The summed E-state index contributed by atoms with van der Waals surface area (Å²) in [6.45, 7) is 3.98. The van der Waals surface area contributed by atoms with Gasteiger partial charge in [-0.3, -0.25) is 9.78 Å². The number of rotatable bonds is 6. The van der Waals surface area contributed by atoms with E-state index in [0.29, 0.717) is 6.42 Å². The first kappa shape index (κ1) is 17.9. The average molecular weight is 358 g/mol. The van der Waals surface area contributed by atoms with Crippen LogP contribution in [0, 0.1) is 11.3 Å². The Balaban J connectivity index is 1.39. The van der Waals surface area contributed by atoms with Crippen molar-refractivity contribution in [1.29, 1.82) is 0 Å². The van der Waals surface area contributed by atoms with E-state index in [9.17, 15) is 4.79 Å². The minimum absolute atomic E-state index is 0.0278. The topological polar surface area (TPSA) is 51.7 Å². The summed E-state index contributed by atoms with van der Waals surface area (Å²) in [5.74, 6) is 0.922. The lowest BCUT2D eigenvalue weighted by molar-refractivity contribution is -0.166. The van der Waals surface area contributed by atoms with Gasteiger partial charge in [-0.05, 0) is 50.2 Å². The maximum Gasteiger partial charge on any atom is 0.228 e. The molecule has 142 valence electrons. The Labute approximate surface area is 156 Å². The molecule has 1 aliphatic carbocycles. The van der Waals surface area contributed by atoms with Gasteiger partial charge in [0, 0.05) is 43.6 Å². The summed E-state index contributed by atoms with van der Waals surface area (Å²) < 4.78 is 12.3. The van der Waals surface area contributed by atoms with E-state index in [1.165, 1.54) is 19.3 Å². The van der Waals surface area contributed by atoms with Gasteiger partial charge in [0.15, 0.2) is 0 Å². The fourth-order valence-corrected chi connectivity index (χ4v) is 4.57. The van der Waals surface area contributed by atoms with E-state index >= 15 is 0 Å². The van der Waals surface area contributed by atoms with Gasteiger partial charge in [-0.15, -0.1) is 0 Å². The minimum atomic E-state index is -0.0278. The number of amides is 1. The third-order valence-electron chi connectivity index (χ3n) is 6.37. The van der Waals surface area contributed by atoms with Crippen LogP contribution in [0.4, 0.5) is 0 Å².